The van der Waals surface area contributed by atoms with Gasteiger partial charge in [-0.2, -0.15) is 0 Å². The maximum absolute atomic E-state index is 13.8. The smallest absolute Gasteiger partial charge is 0.256 e. The molecule has 0 spiro atoms. The van der Waals surface area contributed by atoms with Crippen molar-refractivity contribution in [1.29, 1.82) is 0 Å². The van der Waals surface area contributed by atoms with Gasteiger partial charge in [0, 0.05) is 0 Å². The molecular formula is C17H17ClFNO. The van der Waals surface area contributed by atoms with Crippen molar-refractivity contribution < 1.29 is 9.18 Å². The minimum absolute atomic E-state index is 0.112. The zero-order valence-corrected chi connectivity index (χ0v) is 13.0. The van der Waals surface area contributed by atoms with Crippen LogP contribution in [0.15, 0.2) is 36.4 Å². The molecule has 2 nitrogen and oxygen atoms in total. The van der Waals surface area contributed by atoms with E-state index in [1.165, 1.54) is 18.2 Å². The van der Waals surface area contributed by atoms with Crippen molar-refractivity contribution in [1.82, 2.24) is 5.32 Å². The van der Waals surface area contributed by atoms with Gasteiger partial charge in [-0.1, -0.05) is 41.4 Å². The van der Waals surface area contributed by atoms with Crippen LogP contribution in [0.1, 0.15) is 40.0 Å². The van der Waals surface area contributed by atoms with E-state index in [0.717, 1.165) is 16.7 Å². The molecule has 0 aliphatic carbocycles. The summed E-state index contributed by atoms with van der Waals surface area (Å²) >= 11 is 5.91. The molecule has 0 saturated heterocycles. The molecule has 1 amide bonds. The lowest BCUT2D eigenvalue weighted by Gasteiger charge is -2.18. The van der Waals surface area contributed by atoms with Gasteiger partial charge in [0.15, 0.2) is 0 Å². The van der Waals surface area contributed by atoms with Gasteiger partial charge in [0.2, 0.25) is 0 Å². The minimum Gasteiger partial charge on any atom is -0.345 e. The fraction of sp³-hybridized carbons (Fsp3) is 0.235. The fourth-order valence-corrected chi connectivity index (χ4v) is 2.54. The minimum atomic E-state index is -0.617. The molecule has 0 unspecified atom stereocenters. The zero-order valence-electron chi connectivity index (χ0n) is 12.2. The van der Waals surface area contributed by atoms with E-state index >= 15 is 0 Å². The second-order valence-corrected chi connectivity index (χ2v) is 5.56. The molecule has 110 valence electrons. The first kappa shape index (κ1) is 15.5. The van der Waals surface area contributed by atoms with Crippen LogP contribution in [0.4, 0.5) is 4.39 Å². The first-order valence-corrected chi connectivity index (χ1v) is 7.10. The molecule has 0 aromatic heterocycles. The van der Waals surface area contributed by atoms with E-state index in [0.29, 0.717) is 0 Å². The molecular weight excluding hydrogens is 289 g/mol. The Bertz CT molecular complexity index is 664. The Morgan fingerprint density at radius 2 is 1.95 bits per heavy atom. The maximum atomic E-state index is 13.8. The average molecular weight is 306 g/mol. The molecule has 0 aliphatic rings. The van der Waals surface area contributed by atoms with Crippen LogP contribution >= 0.6 is 11.6 Å². The number of carbonyl (C=O) groups excluding carboxylic acids is 1. The zero-order chi connectivity index (χ0) is 15.6. The van der Waals surface area contributed by atoms with Crippen LogP contribution in [0.2, 0.25) is 5.02 Å². The number of halogens is 2. The fourth-order valence-electron chi connectivity index (χ4n) is 2.29. The Morgan fingerprint density at radius 1 is 1.24 bits per heavy atom. The molecule has 2 aromatic carbocycles. The van der Waals surface area contributed by atoms with Gasteiger partial charge in [-0.15, -0.1) is 0 Å². The number of amides is 1. The lowest BCUT2D eigenvalue weighted by molar-refractivity contribution is 0.0936. The van der Waals surface area contributed by atoms with Gasteiger partial charge in [0.1, 0.15) is 5.82 Å². The highest BCUT2D eigenvalue weighted by Crippen LogP contribution is 2.22. The molecule has 0 fully saturated rings. The summed E-state index contributed by atoms with van der Waals surface area (Å²) in [7, 11) is 0. The van der Waals surface area contributed by atoms with Gasteiger partial charge in [0.25, 0.3) is 5.91 Å². The van der Waals surface area contributed by atoms with E-state index in [9.17, 15) is 9.18 Å². The first-order chi connectivity index (χ1) is 9.90. The second kappa shape index (κ2) is 6.27. The number of aryl methyl sites for hydroxylation is 2. The number of nitrogens with one attached hydrogen (secondary N) is 1. The number of hydrogen-bond acceptors (Lipinski definition) is 1. The summed E-state index contributed by atoms with van der Waals surface area (Å²) in [5.41, 5.74) is 3.08. The van der Waals surface area contributed by atoms with E-state index in [2.05, 4.69) is 5.32 Å². The third kappa shape index (κ3) is 3.42. The molecule has 21 heavy (non-hydrogen) atoms. The van der Waals surface area contributed by atoms with E-state index in [1.807, 2.05) is 39.0 Å². The van der Waals surface area contributed by atoms with Crippen LogP contribution in [-0.2, 0) is 0 Å². The monoisotopic (exact) mass is 305 g/mol. The van der Waals surface area contributed by atoms with Crippen LogP contribution in [0.25, 0.3) is 0 Å². The Morgan fingerprint density at radius 3 is 2.62 bits per heavy atom. The average Bonchev–Trinajstić information content (AvgIpc) is 2.41. The predicted molar refractivity (Wildman–Crippen MR) is 83.2 cm³/mol. The molecule has 0 bridgehead atoms. The quantitative estimate of drug-likeness (QED) is 0.883. The van der Waals surface area contributed by atoms with Crippen LogP contribution in [0.5, 0.6) is 0 Å². The summed E-state index contributed by atoms with van der Waals surface area (Å²) in [5, 5.41) is 2.91. The third-order valence-corrected chi connectivity index (χ3v) is 3.75. The van der Waals surface area contributed by atoms with Crippen molar-refractivity contribution in [3.8, 4) is 0 Å². The lowest BCUT2D eigenvalue weighted by atomic mass is 9.99. The lowest BCUT2D eigenvalue weighted by Crippen LogP contribution is -2.28. The summed E-state index contributed by atoms with van der Waals surface area (Å²) < 4.78 is 13.8. The van der Waals surface area contributed by atoms with Crippen molar-refractivity contribution in [2.75, 3.05) is 0 Å². The van der Waals surface area contributed by atoms with E-state index in [1.54, 1.807) is 0 Å². The SMILES string of the molecule is Cc1ccc(C)c([C@H](C)NC(=O)c2c(F)cccc2Cl)c1. The van der Waals surface area contributed by atoms with Crippen molar-refractivity contribution in [3.05, 3.63) is 69.5 Å². The van der Waals surface area contributed by atoms with E-state index in [-0.39, 0.29) is 16.6 Å². The van der Waals surface area contributed by atoms with Crippen molar-refractivity contribution in [3.63, 3.8) is 0 Å². The van der Waals surface area contributed by atoms with Gasteiger partial charge in [-0.25, -0.2) is 4.39 Å². The Labute approximate surface area is 128 Å². The highest BCUT2D eigenvalue weighted by atomic mass is 35.5. The van der Waals surface area contributed by atoms with Crippen LogP contribution in [0, 0.1) is 19.7 Å². The summed E-state index contributed by atoms with van der Waals surface area (Å²) in [6.07, 6.45) is 0. The molecule has 2 rings (SSSR count). The van der Waals surface area contributed by atoms with Crippen molar-refractivity contribution >= 4 is 17.5 Å². The molecule has 0 aliphatic heterocycles. The summed E-state index contributed by atoms with van der Waals surface area (Å²) in [6.45, 7) is 5.84. The van der Waals surface area contributed by atoms with Gasteiger partial charge in [-0.3, -0.25) is 4.79 Å². The second-order valence-electron chi connectivity index (χ2n) is 5.15. The summed E-state index contributed by atoms with van der Waals surface area (Å²) in [4.78, 5) is 12.2. The van der Waals surface area contributed by atoms with Crippen LogP contribution in [-0.4, -0.2) is 5.91 Å². The van der Waals surface area contributed by atoms with Crippen molar-refractivity contribution in [2.24, 2.45) is 0 Å². The summed E-state index contributed by atoms with van der Waals surface area (Å²) in [6, 6.07) is 10.0. The normalized spacial score (nSPS) is 12.0. The summed E-state index contributed by atoms with van der Waals surface area (Å²) in [5.74, 6) is -1.13. The standard InChI is InChI=1S/C17H17ClFNO/c1-10-7-8-11(2)13(9-10)12(3)20-17(21)16-14(18)5-4-6-15(16)19/h4-9,12H,1-3H3,(H,20,21)/t12-/m0/s1. The highest BCUT2D eigenvalue weighted by molar-refractivity contribution is 6.33. The van der Waals surface area contributed by atoms with E-state index in [4.69, 9.17) is 11.6 Å². The molecule has 4 heteroatoms. The van der Waals surface area contributed by atoms with Gasteiger partial charge < -0.3 is 5.32 Å². The largest absolute Gasteiger partial charge is 0.345 e. The molecule has 1 atom stereocenters. The first-order valence-electron chi connectivity index (χ1n) is 6.72. The predicted octanol–water partition coefficient (Wildman–Crippen LogP) is 4.59. The molecule has 0 radical (unpaired) electrons. The molecule has 0 heterocycles. The van der Waals surface area contributed by atoms with Crippen LogP contribution in [0.3, 0.4) is 0 Å². The molecule has 1 N–H and O–H groups in total. The number of hydrogen-bond donors (Lipinski definition) is 1. The van der Waals surface area contributed by atoms with E-state index < -0.39 is 11.7 Å². The Hall–Kier alpha value is -1.87. The van der Waals surface area contributed by atoms with Crippen LogP contribution < -0.4 is 5.32 Å². The van der Waals surface area contributed by atoms with Gasteiger partial charge in [-0.05, 0) is 44.0 Å². The molecule has 0 saturated carbocycles. The number of carbonyl (C=O) groups is 1. The molecule has 2 aromatic rings. The number of rotatable bonds is 3. The maximum Gasteiger partial charge on any atom is 0.256 e. The van der Waals surface area contributed by atoms with Gasteiger partial charge in [0.05, 0.1) is 16.6 Å². The Kier molecular flexibility index (Phi) is 4.63. The third-order valence-electron chi connectivity index (χ3n) is 3.44. The number of benzene rings is 2. The van der Waals surface area contributed by atoms with Gasteiger partial charge >= 0.3 is 0 Å². The highest BCUT2D eigenvalue weighted by Gasteiger charge is 2.19. The Balaban J connectivity index is 2.25. The van der Waals surface area contributed by atoms with Crippen molar-refractivity contribution in [2.45, 2.75) is 26.8 Å². The topological polar surface area (TPSA) is 29.1 Å².